The molecule has 1 aliphatic rings. The summed E-state index contributed by atoms with van der Waals surface area (Å²) in [7, 11) is 0. The van der Waals surface area contributed by atoms with Crippen molar-refractivity contribution >= 4 is 17.8 Å². The van der Waals surface area contributed by atoms with Gasteiger partial charge in [0.2, 0.25) is 17.6 Å². The molecule has 0 spiro atoms. The van der Waals surface area contributed by atoms with Crippen LogP contribution in [0.1, 0.15) is 34.7 Å². The number of nitrogens with zero attached hydrogens (tertiary/aromatic N) is 1. The van der Waals surface area contributed by atoms with Crippen LogP contribution in [-0.2, 0) is 16.1 Å². The third kappa shape index (κ3) is 2.06. The zero-order chi connectivity index (χ0) is 12.6. The van der Waals surface area contributed by atoms with Crippen LogP contribution in [0.3, 0.4) is 0 Å². The Morgan fingerprint density at radius 3 is 2.47 bits per heavy atom. The van der Waals surface area contributed by atoms with Crippen molar-refractivity contribution in [2.24, 2.45) is 0 Å². The van der Waals surface area contributed by atoms with Gasteiger partial charge in [0.05, 0.1) is 6.54 Å². The first-order chi connectivity index (χ1) is 7.99. The Balaban J connectivity index is 2.19. The van der Waals surface area contributed by atoms with Crippen molar-refractivity contribution in [3.8, 4) is 0 Å². The second kappa shape index (κ2) is 4.04. The fraction of sp³-hybridized carbons (Fsp3) is 0.364. The average Bonchev–Trinajstić information content (AvgIpc) is 2.76. The Morgan fingerprint density at radius 1 is 1.41 bits per heavy atom. The summed E-state index contributed by atoms with van der Waals surface area (Å²) in [4.78, 5) is 34.6. The molecule has 0 unspecified atom stereocenters. The highest BCUT2D eigenvalue weighted by molar-refractivity contribution is 6.01. The maximum Gasteiger partial charge on any atom is 0.372 e. The number of aryl methyl sites for hydroxylation is 1. The quantitative estimate of drug-likeness (QED) is 0.790. The largest absolute Gasteiger partial charge is 0.475 e. The van der Waals surface area contributed by atoms with E-state index >= 15 is 0 Å². The smallest absolute Gasteiger partial charge is 0.372 e. The molecule has 1 aliphatic heterocycles. The summed E-state index contributed by atoms with van der Waals surface area (Å²) in [5.74, 6) is -1.50. The van der Waals surface area contributed by atoms with Gasteiger partial charge in [0.1, 0.15) is 5.76 Å². The molecule has 0 aromatic carbocycles. The number of rotatable bonds is 3. The fourth-order valence-corrected chi connectivity index (χ4v) is 1.79. The van der Waals surface area contributed by atoms with Gasteiger partial charge in [-0.3, -0.25) is 14.5 Å². The molecule has 0 atom stereocenters. The monoisotopic (exact) mass is 237 g/mol. The lowest BCUT2D eigenvalue weighted by atomic mass is 10.2. The van der Waals surface area contributed by atoms with Crippen molar-refractivity contribution in [1.82, 2.24) is 4.90 Å². The highest BCUT2D eigenvalue weighted by Gasteiger charge is 2.30. The van der Waals surface area contributed by atoms with Crippen molar-refractivity contribution in [3.05, 3.63) is 23.2 Å². The lowest BCUT2D eigenvalue weighted by Gasteiger charge is -2.10. The molecular formula is C11H11NO5. The van der Waals surface area contributed by atoms with E-state index in [2.05, 4.69) is 0 Å². The molecule has 0 aliphatic carbocycles. The van der Waals surface area contributed by atoms with Gasteiger partial charge in [-0.15, -0.1) is 0 Å². The fourth-order valence-electron chi connectivity index (χ4n) is 1.79. The molecule has 0 saturated carbocycles. The van der Waals surface area contributed by atoms with Crippen molar-refractivity contribution in [1.29, 1.82) is 0 Å². The number of carboxylic acid groups (broad SMARTS) is 1. The molecular weight excluding hydrogens is 226 g/mol. The van der Waals surface area contributed by atoms with Gasteiger partial charge in [-0.05, 0) is 13.0 Å². The molecule has 6 heteroatoms. The van der Waals surface area contributed by atoms with Crippen LogP contribution in [0.15, 0.2) is 10.5 Å². The molecule has 0 bridgehead atoms. The van der Waals surface area contributed by atoms with Crippen molar-refractivity contribution in [2.75, 3.05) is 0 Å². The molecule has 1 saturated heterocycles. The van der Waals surface area contributed by atoms with Crippen LogP contribution in [-0.4, -0.2) is 27.8 Å². The molecule has 2 amide bonds. The molecule has 17 heavy (non-hydrogen) atoms. The van der Waals surface area contributed by atoms with Crippen LogP contribution in [0.5, 0.6) is 0 Å². The number of hydrogen-bond acceptors (Lipinski definition) is 4. The zero-order valence-corrected chi connectivity index (χ0v) is 9.23. The first kappa shape index (κ1) is 11.4. The number of furan rings is 1. The summed E-state index contributed by atoms with van der Waals surface area (Å²) in [6, 6.07) is 1.53. The van der Waals surface area contributed by atoms with E-state index in [9.17, 15) is 14.4 Å². The minimum atomic E-state index is -1.16. The van der Waals surface area contributed by atoms with E-state index < -0.39 is 5.97 Å². The maximum absolute atomic E-state index is 11.4. The normalized spacial score (nSPS) is 15.7. The summed E-state index contributed by atoms with van der Waals surface area (Å²) in [5, 5.41) is 8.80. The summed E-state index contributed by atoms with van der Waals surface area (Å²) in [5.41, 5.74) is 0.478. The third-order valence-electron chi connectivity index (χ3n) is 2.63. The Bertz CT molecular complexity index is 486. The van der Waals surface area contributed by atoms with Crippen LogP contribution in [0, 0.1) is 6.92 Å². The average molecular weight is 237 g/mol. The van der Waals surface area contributed by atoms with E-state index in [-0.39, 0.29) is 37.0 Å². The van der Waals surface area contributed by atoms with Crippen LogP contribution in [0.4, 0.5) is 0 Å². The van der Waals surface area contributed by atoms with Crippen LogP contribution in [0.2, 0.25) is 0 Å². The van der Waals surface area contributed by atoms with Crippen LogP contribution < -0.4 is 0 Å². The van der Waals surface area contributed by atoms with E-state index in [0.29, 0.717) is 11.3 Å². The number of hydrogen-bond donors (Lipinski definition) is 1. The van der Waals surface area contributed by atoms with E-state index in [4.69, 9.17) is 9.52 Å². The van der Waals surface area contributed by atoms with E-state index in [1.807, 2.05) is 0 Å². The maximum atomic E-state index is 11.4. The van der Waals surface area contributed by atoms with Gasteiger partial charge in [0, 0.05) is 18.4 Å². The molecule has 2 rings (SSSR count). The van der Waals surface area contributed by atoms with E-state index in [0.717, 1.165) is 4.90 Å². The predicted molar refractivity (Wildman–Crippen MR) is 55.2 cm³/mol. The van der Waals surface area contributed by atoms with E-state index in [1.54, 1.807) is 6.92 Å². The molecule has 2 heterocycles. The Labute approximate surface area is 96.8 Å². The van der Waals surface area contributed by atoms with Crippen molar-refractivity contribution in [2.45, 2.75) is 26.3 Å². The molecule has 6 nitrogen and oxygen atoms in total. The number of likely N-dealkylation sites (tertiary alicyclic amines) is 1. The molecule has 0 radical (unpaired) electrons. The summed E-state index contributed by atoms with van der Waals surface area (Å²) in [6.45, 7) is 1.61. The van der Waals surface area contributed by atoms with Gasteiger partial charge in [-0.1, -0.05) is 0 Å². The highest BCUT2D eigenvalue weighted by atomic mass is 16.4. The lowest BCUT2D eigenvalue weighted by molar-refractivity contribution is -0.139. The minimum absolute atomic E-state index is 0.00574. The summed E-state index contributed by atoms with van der Waals surface area (Å²) in [6.07, 6.45) is 0.425. The second-order valence-electron chi connectivity index (χ2n) is 3.90. The third-order valence-corrected chi connectivity index (χ3v) is 2.63. The minimum Gasteiger partial charge on any atom is -0.475 e. The molecule has 90 valence electrons. The van der Waals surface area contributed by atoms with Gasteiger partial charge in [0.25, 0.3) is 0 Å². The van der Waals surface area contributed by atoms with Crippen molar-refractivity contribution in [3.63, 3.8) is 0 Å². The van der Waals surface area contributed by atoms with Gasteiger partial charge < -0.3 is 9.52 Å². The van der Waals surface area contributed by atoms with Crippen LogP contribution in [0.25, 0.3) is 0 Å². The van der Waals surface area contributed by atoms with E-state index in [1.165, 1.54) is 6.07 Å². The first-order valence-electron chi connectivity index (χ1n) is 5.15. The molecule has 1 fully saturated rings. The Kier molecular flexibility index (Phi) is 2.71. The molecule has 1 aromatic rings. The van der Waals surface area contributed by atoms with Gasteiger partial charge in [-0.2, -0.15) is 0 Å². The van der Waals surface area contributed by atoms with Gasteiger partial charge in [0.15, 0.2) is 0 Å². The Hall–Kier alpha value is -2.11. The highest BCUT2D eigenvalue weighted by Crippen LogP contribution is 2.20. The van der Waals surface area contributed by atoms with Gasteiger partial charge in [-0.25, -0.2) is 4.79 Å². The van der Waals surface area contributed by atoms with Crippen molar-refractivity contribution < 1.29 is 23.9 Å². The molecule has 1 N–H and O–H groups in total. The number of amides is 2. The number of aromatic carboxylic acids is 1. The standard InChI is InChI=1S/C11H11NO5/c1-6-4-7(17-10(6)11(15)16)5-12-8(13)2-3-9(12)14/h4H,2-3,5H2,1H3,(H,15,16). The summed E-state index contributed by atoms with van der Waals surface area (Å²) < 4.78 is 5.09. The number of imide groups is 1. The summed E-state index contributed by atoms with van der Waals surface area (Å²) >= 11 is 0. The topological polar surface area (TPSA) is 87.8 Å². The number of carboxylic acids is 1. The number of carbonyl (C=O) groups excluding carboxylic acids is 2. The zero-order valence-electron chi connectivity index (χ0n) is 9.23. The second-order valence-corrected chi connectivity index (χ2v) is 3.90. The SMILES string of the molecule is Cc1cc(CN2C(=O)CCC2=O)oc1C(=O)O. The lowest BCUT2D eigenvalue weighted by Crippen LogP contribution is -2.28. The number of carbonyl (C=O) groups is 3. The Morgan fingerprint density at radius 2 is 2.00 bits per heavy atom. The van der Waals surface area contributed by atoms with Crippen LogP contribution >= 0.6 is 0 Å². The predicted octanol–water partition coefficient (Wildman–Crippen LogP) is 0.935. The first-order valence-corrected chi connectivity index (χ1v) is 5.15. The van der Waals surface area contributed by atoms with Gasteiger partial charge >= 0.3 is 5.97 Å². The molecule has 1 aromatic heterocycles.